The third kappa shape index (κ3) is 9.88. The lowest BCUT2D eigenvalue weighted by Crippen LogP contribution is -2.44. The quantitative estimate of drug-likeness (QED) is 0.116. The highest BCUT2D eigenvalue weighted by Crippen LogP contribution is 2.24. The number of hydrogen-bond acceptors (Lipinski definition) is 9. The van der Waals surface area contributed by atoms with Crippen LogP contribution in [0, 0.1) is 23.1 Å². The first-order valence-corrected chi connectivity index (χ1v) is 15.1. The van der Waals surface area contributed by atoms with E-state index in [2.05, 4.69) is 47.1 Å². The SMILES string of the molecule is N#Cc1ccc(NC(=O)NNC(=O)Cc2ccc(Nc3nc(NCc4ccc(F)cc4)nc(NCC4CCCCC4)n3)cc2)cc1. The molecule has 0 radical (unpaired) electrons. The summed E-state index contributed by atoms with van der Waals surface area (Å²) in [7, 11) is 0. The second kappa shape index (κ2) is 15.8. The number of rotatable bonds is 11. The molecule has 236 valence electrons. The average molecular weight is 623 g/mol. The van der Waals surface area contributed by atoms with Crippen LogP contribution < -0.4 is 32.1 Å². The van der Waals surface area contributed by atoms with Crippen LogP contribution in [0.15, 0.2) is 72.8 Å². The molecular formula is C33H35FN10O2. The van der Waals surface area contributed by atoms with Crippen molar-refractivity contribution >= 4 is 41.2 Å². The average Bonchev–Trinajstić information content (AvgIpc) is 3.08. The summed E-state index contributed by atoms with van der Waals surface area (Å²) in [6, 6.07) is 21.1. The molecule has 0 spiro atoms. The van der Waals surface area contributed by atoms with Gasteiger partial charge in [0.25, 0.3) is 0 Å². The minimum Gasteiger partial charge on any atom is -0.354 e. The van der Waals surface area contributed by atoms with Crippen LogP contribution in [0.1, 0.15) is 48.8 Å². The van der Waals surface area contributed by atoms with E-state index in [1.165, 1.54) is 44.2 Å². The summed E-state index contributed by atoms with van der Waals surface area (Å²) in [4.78, 5) is 38.1. The summed E-state index contributed by atoms with van der Waals surface area (Å²) in [5.41, 5.74) is 7.96. The van der Waals surface area contributed by atoms with Gasteiger partial charge < -0.3 is 21.3 Å². The van der Waals surface area contributed by atoms with Crippen LogP contribution in [0.4, 0.5) is 38.4 Å². The van der Waals surface area contributed by atoms with Gasteiger partial charge in [-0.2, -0.15) is 20.2 Å². The van der Waals surface area contributed by atoms with E-state index in [0.29, 0.717) is 47.2 Å². The molecule has 6 N–H and O–H groups in total. The molecule has 1 aliphatic rings. The van der Waals surface area contributed by atoms with Crippen molar-refractivity contribution in [1.29, 1.82) is 5.26 Å². The Bertz CT molecular complexity index is 1650. The van der Waals surface area contributed by atoms with Gasteiger partial charge in [-0.1, -0.05) is 43.5 Å². The monoisotopic (exact) mass is 622 g/mol. The first-order valence-electron chi connectivity index (χ1n) is 15.1. The third-order valence-electron chi connectivity index (χ3n) is 7.43. The molecule has 0 bridgehead atoms. The van der Waals surface area contributed by atoms with E-state index >= 15 is 0 Å². The summed E-state index contributed by atoms with van der Waals surface area (Å²) in [5.74, 6) is 1.04. The van der Waals surface area contributed by atoms with Crippen molar-refractivity contribution in [1.82, 2.24) is 25.8 Å². The van der Waals surface area contributed by atoms with Gasteiger partial charge in [-0.25, -0.2) is 14.6 Å². The molecule has 1 heterocycles. The second-order valence-electron chi connectivity index (χ2n) is 11.0. The highest BCUT2D eigenvalue weighted by Gasteiger charge is 2.15. The van der Waals surface area contributed by atoms with Gasteiger partial charge in [0.05, 0.1) is 18.1 Å². The minimum absolute atomic E-state index is 0.0376. The molecule has 4 aromatic rings. The van der Waals surface area contributed by atoms with E-state index in [1.54, 1.807) is 60.7 Å². The van der Waals surface area contributed by atoms with Crippen LogP contribution >= 0.6 is 0 Å². The number of amides is 3. The van der Waals surface area contributed by atoms with Crippen LogP contribution in [0.5, 0.6) is 0 Å². The molecule has 3 aromatic carbocycles. The maximum absolute atomic E-state index is 13.3. The number of halogens is 1. The van der Waals surface area contributed by atoms with E-state index in [4.69, 9.17) is 5.26 Å². The maximum Gasteiger partial charge on any atom is 0.337 e. The highest BCUT2D eigenvalue weighted by molar-refractivity contribution is 5.91. The number of hydrogen-bond donors (Lipinski definition) is 6. The van der Waals surface area contributed by atoms with Gasteiger partial charge >= 0.3 is 6.03 Å². The Morgan fingerprint density at radius 2 is 1.39 bits per heavy atom. The van der Waals surface area contributed by atoms with Crippen LogP contribution in [-0.2, 0) is 17.8 Å². The molecule has 0 unspecified atom stereocenters. The lowest BCUT2D eigenvalue weighted by atomic mass is 9.89. The fraction of sp³-hybridized carbons (Fsp3) is 0.273. The van der Waals surface area contributed by atoms with Crippen molar-refractivity contribution in [3.05, 3.63) is 95.3 Å². The molecule has 1 aromatic heterocycles. The van der Waals surface area contributed by atoms with Crippen LogP contribution in [0.25, 0.3) is 0 Å². The Morgan fingerprint density at radius 3 is 2.09 bits per heavy atom. The summed E-state index contributed by atoms with van der Waals surface area (Å²) < 4.78 is 13.3. The summed E-state index contributed by atoms with van der Waals surface area (Å²) in [6.45, 7) is 1.19. The maximum atomic E-state index is 13.3. The fourth-order valence-corrected chi connectivity index (χ4v) is 4.98. The van der Waals surface area contributed by atoms with Gasteiger partial charge in [0.15, 0.2) is 0 Å². The van der Waals surface area contributed by atoms with Crippen molar-refractivity contribution in [2.75, 3.05) is 27.8 Å². The number of hydrazine groups is 1. The number of anilines is 5. The van der Waals surface area contributed by atoms with Gasteiger partial charge in [-0.05, 0) is 78.4 Å². The Morgan fingerprint density at radius 1 is 0.761 bits per heavy atom. The zero-order valence-corrected chi connectivity index (χ0v) is 25.1. The zero-order valence-electron chi connectivity index (χ0n) is 25.1. The van der Waals surface area contributed by atoms with Crippen molar-refractivity contribution in [3.63, 3.8) is 0 Å². The van der Waals surface area contributed by atoms with Crippen molar-refractivity contribution < 1.29 is 14.0 Å². The third-order valence-corrected chi connectivity index (χ3v) is 7.43. The number of aromatic nitrogens is 3. The van der Waals surface area contributed by atoms with Crippen LogP contribution in [0.3, 0.4) is 0 Å². The summed E-state index contributed by atoms with van der Waals surface area (Å²) in [6.07, 6.45) is 6.17. The van der Waals surface area contributed by atoms with Crippen LogP contribution in [0.2, 0.25) is 0 Å². The molecule has 12 nitrogen and oxygen atoms in total. The van der Waals surface area contributed by atoms with Gasteiger partial charge in [0, 0.05) is 24.5 Å². The molecule has 1 fully saturated rings. The van der Waals surface area contributed by atoms with Gasteiger partial charge in [-0.3, -0.25) is 10.2 Å². The Hall–Kier alpha value is -5.77. The lowest BCUT2D eigenvalue weighted by Gasteiger charge is -2.21. The van der Waals surface area contributed by atoms with E-state index in [0.717, 1.165) is 17.7 Å². The van der Waals surface area contributed by atoms with Crippen molar-refractivity contribution in [2.45, 2.75) is 45.1 Å². The van der Waals surface area contributed by atoms with E-state index in [-0.39, 0.29) is 12.2 Å². The smallest absolute Gasteiger partial charge is 0.337 e. The largest absolute Gasteiger partial charge is 0.354 e. The number of carbonyl (C=O) groups is 2. The zero-order chi connectivity index (χ0) is 32.1. The predicted molar refractivity (Wildman–Crippen MR) is 174 cm³/mol. The number of nitrogens with one attached hydrogen (secondary N) is 6. The minimum atomic E-state index is -0.617. The molecule has 0 saturated heterocycles. The molecule has 1 aliphatic carbocycles. The predicted octanol–water partition coefficient (Wildman–Crippen LogP) is 5.63. The Labute approximate surface area is 266 Å². The summed E-state index contributed by atoms with van der Waals surface area (Å²) in [5, 5.41) is 21.2. The molecular weight excluding hydrogens is 587 g/mol. The number of urea groups is 1. The highest BCUT2D eigenvalue weighted by atomic mass is 19.1. The van der Waals surface area contributed by atoms with E-state index in [9.17, 15) is 14.0 Å². The molecule has 0 atom stereocenters. The molecule has 3 amide bonds. The topological polar surface area (TPSA) is 169 Å². The molecule has 0 aliphatic heterocycles. The summed E-state index contributed by atoms with van der Waals surface area (Å²) >= 11 is 0. The van der Waals surface area contributed by atoms with E-state index < -0.39 is 11.9 Å². The van der Waals surface area contributed by atoms with Gasteiger partial charge in [0.2, 0.25) is 23.8 Å². The van der Waals surface area contributed by atoms with Crippen LogP contribution in [-0.4, -0.2) is 33.4 Å². The molecule has 13 heteroatoms. The Kier molecular flexibility index (Phi) is 10.9. The first-order chi connectivity index (χ1) is 22.4. The molecule has 1 saturated carbocycles. The fourth-order valence-electron chi connectivity index (χ4n) is 4.98. The second-order valence-corrected chi connectivity index (χ2v) is 11.0. The lowest BCUT2D eigenvalue weighted by molar-refractivity contribution is -0.121. The van der Waals surface area contributed by atoms with Gasteiger partial charge in [0.1, 0.15) is 5.82 Å². The van der Waals surface area contributed by atoms with Crippen molar-refractivity contribution in [2.24, 2.45) is 5.92 Å². The number of nitriles is 1. The van der Waals surface area contributed by atoms with Crippen molar-refractivity contribution in [3.8, 4) is 6.07 Å². The number of benzene rings is 3. The molecule has 5 rings (SSSR count). The standard InChI is InChI=1S/C33H35FN10O2/c34-26-12-6-25(7-13-26)21-37-31-40-30(36-20-24-4-2-1-3-5-24)41-32(42-31)38-27-14-8-22(9-15-27)18-29(45)43-44-33(46)39-28-16-10-23(19-35)11-17-28/h6-17,24H,1-5,18,20-21H2,(H,43,45)(H2,39,44,46)(H3,36,37,38,40,41,42). The Balaban J connectivity index is 1.16. The normalized spacial score (nSPS) is 12.8. The first kappa shape index (κ1) is 31.6. The van der Waals surface area contributed by atoms with E-state index in [1.807, 2.05) is 6.07 Å². The number of nitrogens with zero attached hydrogens (tertiary/aromatic N) is 4. The molecule has 46 heavy (non-hydrogen) atoms. The number of carbonyl (C=O) groups excluding carboxylic acids is 2. The van der Waals surface area contributed by atoms with Gasteiger partial charge in [-0.15, -0.1) is 0 Å².